The van der Waals surface area contributed by atoms with Crippen LogP contribution in [-0.4, -0.2) is 15.0 Å². The van der Waals surface area contributed by atoms with E-state index in [0.29, 0.717) is 12.8 Å². The first-order valence-electron chi connectivity index (χ1n) is 7.90. The number of fused-ring (bicyclic) bond motifs is 1. The molecule has 0 spiro atoms. The first-order chi connectivity index (χ1) is 10.7. The summed E-state index contributed by atoms with van der Waals surface area (Å²) in [6.45, 7) is 10.2. The molecule has 122 valence electrons. The van der Waals surface area contributed by atoms with E-state index < -0.39 is 6.04 Å². The van der Waals surface area contributed by atoms with E-state index in [2.05, 4.69) is 32.7 Å². The smallest absolute Gasteiger partial charge is 0.329 e. The van der Waals surface area contributed by atoms with Crippen LogP contribution in [0.1, 0.15) is 45.2 Å². The molecule has 0 saturated carbocycles. The summed E-state index contributed by atoms with van der Waals surface area (Å²) in [7, 11) is 1.76. The third-order valence-corrected chi connectivity index (χ3v) is 4.59. The lowest BCUT2D eigenvalue weighted by Crippen LogP contribution is -2.40. The summed E-state index contributed by atoms with van der Waals surface area (Å²) in [6, 6.07) is 5.57. The minimum absolute atomic E-state index is 0.00624. The van der Waals surface area contributed by atoms with Gasteiger partial charge in [-0.2, -0.15) is 0 Å². The zero-order valence-electron chi connectivity index (χ0n) is 14.1. The molecule has 2 heterocycles. The molecule has 1 amide bonds. The van der Waals surface area contributed by atoms with Crippen molar-refractivity contribution in [2.45, 2.75) is 45.1 Å². The van der Waals surface area contributed by atoms with Gasteiger partial charge in [0.2, 0.25) is 5.91 Å². The van der Waals surface area contributed by atoms with Crippen molar-refractivity contribution in [1.82, 2.24) is 14.5 Å². The lowest BCUT2D eigenvalue weighted by molar-refractivity contribution is -0.124. The molecule has 2 aromatic rings. The quantitative estimate of drug-likeness (QED) is 0.880. The lowest BCUT2D eigenvalue weighted by Gasteiger charge is -2.24. The predicted molar refractivity (Wildman–Crippen MR) is 91.4 cm³/mol. The number of hydrogen-bond acceptors (Lipinski definition) is 2. The maximum Gasteiger partial charge on any atom is 0.329 e. The normalized spacial score (nSPS) is 19.2. The van der Waals surface area contributed by atoms with Gasteiger partial charge in [-0.05, 0) is 36.0 Å². The number of rotatable bonds is 1. The third kappa shape index (κ3) is 2.50. The van der Waals surface area contributed by atoms with Crippen molar-refractivity contribution in [3.8, 4) is 0 Å². The zero-order valence-corrected chi connectivity index (χ0v) is 14.1. The van der Waals surface area contributed by atoms with Crippen molar-refractivity contribution in [1.29, 1.82) is 0 Å². The average molecular weight is 313 g/mol. The molecule has 1 aliphatic heterocycles. The van der Waals surface area contributed by atoms with E-state index in [1.54, 1.807) is 16.2 Å². The molecule has 1 aromatic heterocycles. The van der Waals surface area contributed by atoms with Gasteiger partial charge in [-0.25, -0.2) is 4.79 Å². The number of benzene rings is 1. The van der Waals surface area contributed by atoms with Crippen LogP contribution >= 0.6 is 0 Å². The van der Waals surface area contributed by atoms with E-state index in [4.69, 9.17) is 0 Å². The van der Waals surface area contributed by atoms with Crippen LogP contribution in [0.2, 0.25) is 0 Å². The highest BCUT2D eigenvalue weighted by molar-refractivity contribution is 5.86. The van der Waals surface area contributed by atoms with Gasteiger partial charge in [-0.15, -0.1) is 0 Å². The monoisotopic (exact) mass is 313 g/mol. The highest BCUT2D eigenvalue weighted by atomic mass is 16.2. The van der Waals surface area contributed by atoms with Crippen molar-refractivity contribution in [3.63, 3.8) is 0 Å². The van der Waals surface area contributed by atoms with E-state index in [1.165, 1.54) is 5.56 Å². The fourth-order valence-electron chi connectivity index (χ4n) is 3.14. The molecule has 0 aliphatic carbocycles. The van der Waals surface area contributed by atoms with Gasteiger partial charge < -0.3 is 5.32 Å². The molecule has 5 heteroatoms. The number of imidazole rings is 1. The van der Waals surface area contributed by atoms with Crippen molar-refractivity contribution >= 4 is 16.9 Å². The van der Waals surface area contributed by atoms with E-state index in [-0.39, 0.29) is 17.0 Å². The Kier molecular flexibility index (Phi) is 3.47. The Labute approximate surface area is 135 Å². The highest BCUT2D eigenvalue weighted by Gasteiger charge is 2.29. The standard InChI is InChI=1S/C18H23N3O2/c1-11-6-8-14(16(22)19-11)21-13-9-7-12(18(2,3)4)10-15(13)20(5)17(21)23/h7,9-10,14H,1,6,8H2,2-5H3,(H,19,22). The summed E-state index contributed by atoms with van der Waals surface area (Å²) in [5.41, 5.74) is 3.40. The van der Waals surface area contributed by atoms with Gasteiger partial charge in [0, 0.05) is 12.7 Å². The molecule has 1 unspecified atom stereocenters. The Morgan fingerprint density at radius 1 is 1.22 bits per heavy atom. The van der Waals surface area contributed by atoms with Crippen LogP contribution in [-0.2, 0) is 17.3 Å². The molecule has 1 saturated heterocycles. The minimum atomic E-state index is -0.475. The van der Waals surface area contributed by atoms with Crippen molar-refractivity contribution in [3.05, 3.63) is 46.5 Å². The van der Waals surface area contributed by atoms with Crippen LogP contribution in [0.4, 0.5) is 0 Å². The van der Waals surface area contributed by atoms with Crippen LogP contribution < -0.4 is 11.0 Å². The summed E-state index contributed by atoms with van der Waals surface area (Å²) in [4.78, 5) is 25.0. The van der Waals surface area contributed by atoms with Crippen LogP contribution in [0, 0.1) is 0 Å². The maximum absolute atomic E-state index is 12.7. The van der Waals surface area contributed by atoms with E-state index >= 15 is 0 Å². The first-order valence-corrected chi connectivity index (χ1v) is 7.90. The van der Waals surface area contributed by atoms with Gasteiger partial charge in [-0.1, -0.05) is 33.4 Å². The number of amides is 1. The maximum atomic E-state index is 12.7. The number of allylic oxidation sites excluding steroid dienone is 1. The molecule has 1 aliphatic rings. The molecular weight excluding hydrogens is 290 g/mol. The second kappa shape index (κ2) is 5.11. The van der Waals surface area contributed by atoms with Crippen LogP contribution in [0.5, 0.6) is 0 Å². The summed E-state index contributed by atoms with van der Waals surface area (Å²) in [5, 5.41) is 2.76. The molecule has 0 radical (unpaired) electrons. The Balaban J connectivity index is 2.19. The fourth-order valence-corrected chi connectivity index (χ4v) is 3.14. The summed E-state index contributed by atoms with van der Waals surface area (Å²) in [6.07, 6.45) is 1.30. The zero-order chi connectivity index (χ0) is 16.9. The molecule has 1 aromatic carbocycles. The molecule has 23 heavy (non-hydrogen) atoms. The summed E-state index contributed by atoms with van der Waals surface area (Å²) < 4.78 is 3.24. The molecule has 3 rings (SSSR count). The summed E-state index contributed by atoms with van der Waals surface area (Å²) in [5.74, 6) is -0.157. The van der Waals surface area contributed by atoms with Gasteiger partial charge in [0.05, 0.1) is 11.0 Å². The van der Waals surface area contributed by atoms with Crippen LogP contribution in [0.3, 0.4) is 0 Å². The molecule has 0 bridgehead atoms. The lowest BCUT2D eigenvalue weighted by atomic mass is 9.87. The van der Waals surface area contributed by atoms with Gasteiger partial charge >= 0.3 is 5.69 Å². The molecule has 1 atom stereocenters. The van der Waals surface area contributed by atoms with Crippen molar-refractivity contribution in [2.75, 3.05) is 0 Å². The fraction of sp³-hybridized carbons (Fsp3) is 0.444. The topological polar surface area (TPSA) is 56.0 Å². The number of hydrogen-bond donors (Lipinski definition) is 1. The second-order valence-corrected chi connectivity index (χ2v) is 7.31. The van der Waals surface area contributed by atoms with Gasteiger partial charge in [0.1, 0.15) is 6.04 Å². The second-order valence-electron chi connectivity index (χ2n) is 7.31. The number of piperidine rings is 1. The number of aromatic nitrogens is 2. The Hall–Kier alpha value is -2.30. The number of carbonyl (C=O) groups excluding carboxylic acids is 1. The largest absolute Gasteiger partial charge is 0.329 e. The van der Waals surface area contributed by atoms with E-state index in [1.807, 2.05) is 18.2 Å². The van der Waals surface area contributed by atoms with Gasteiger partial charge in [-0.3, -0.25) is 13.9 Å². The number of aryl methyl sites for hydroxylation is 1. The van der Waals surface area contributed by atoms with Gasteiger partial charge in [0.25, 0.3) is 0 Å². The molecule has 1 N–H and O–H groups in total. The van der Waals surface area contributed by atoms with Crippen LogP contribution in [0.25, 0.3) is 11.0 Å². The number of carbonyl (C=O) groups is 1. The molecule has 5 nitrogen and oxygen atoms in total. The molecule has 1 fully saturated rings. The SMILES string of the molecule is C=C1CCC(n2c(=O)n(C)c3cc(C(C)(C)C)ccc32)C(=O)N1. The number of nitrogens with zero attached hydrogens (tertiary/aromatic N) is 2. The Morgan fingerprint density at radius 2 is 1.91 bits per heavy atom. The van der Waals surface area contributed by atoms with Crippen molar-refractivity contribution < 1.29 is 4.79 Å². The Morgan fingerprint density at radius 3 is 2.52 bits per heavy atom. The number of nitrogens with one attached hydrogen (secondary N) is 1. The van der Waals surface area contributed by atoms with Crippen molar-refractivity contribution in [2.24, 2.45) is 7.05 Å². The summed E-state index contributed by atoms with van der Waals surface area (Å²) >= 11 is 0. The van der Waals surface area contributed by atoms with Crippen LogP contribution in [0.15, 0.2) is 35.3 Å². The highest BCUT2D eigenvalue weighted by Crippen LogP contribution is 2.29. The van der Waals surface area contributed by atoms with Gasteiger partial charge in [0.15, 0.2) is 0 Å². The molecular formula is C18H23N3O2. The van der Waals surface area contributed by atoms with E-state index in [0.717, 1.165) is 16.7 Å². The Bertz CT molecular complexity index is 865. The first kappa shape index (κ1) is 15.6. The average Bonchev–Trinajstić information content (AvgIpc) is 2.71. The third-order valence-electron chi connectivity index (χ3n) is 4.59. The van der Waals surface area contributed by atoms with E-state index in [9.17, 15) is 9.59 Å². The minimum Gasteiger partial charge on any atom is -0.329 e. The predicted octanol–water partition coefficient (Wildman–Crippen LogP) is 2.60.